The number of aromatic nitrogens is 2. The number of methoxy groups -OCH3 is 1. The highest BCUT2D eigenvalue weighted by Crippen LogP contribution is 2.28. The average Bonchev–Trinajstić information content (AvgIpc) is 2.82. The Kier molecular flexibility index (Phi) is 8.07. The maximum Gasteiger partial charge on any atom is 0.266 e. The van der Waals surface area contributed by atoms with Crippen molar-refractivity contribution in [3.63, 3.8) is 0 Å². The topological polar surface area (TPSA) is 91.7 Å². The van der Waals surface area contributed by atoms with Crippen LogP contribution in [0, 0.1) is 6.92 Å². The van der Waals surface area contributed by atoms with Gasteiger partial charge in [-0.15, -0.1) is 0 Å². The Hall–Kier alpha value is -3.81. The number of carbonyl (C=O) groups excluding carboxylic acids is 1. The van der Waals surface area contributed by atoms with Gasteiger partial charge in [0.25, 0.3) is 11.5 Å². The largest absolute Gasteiger partial charge is 0.494 e. The minimum atomic E-state index is -0.735. The first kappa shape index (κ1) is 23.8. The van der Waals surface area contributed by atoms with Gasteiger partial charge in [0.05, 0.1) is 26.0 Å². The molecule has 0 aliphatic carbocycles. The van der Waals surface area contributed by atoms with E-state index in [-0.39, 0.29) is 24.6 Å². The summed E-state index contributed by atoms with van der Waals surface area (Å²) in [7, 11) is 1.55. The van der Waals surface area contributed by atoms with E-state index in [1.54, 1.807) is 26.2 Å². The lowest BCUT2D eigenvalue weighted by molar-refractivity contribution is -0.127. The van der Waals surface area contributed by atoms with Crippen LogP contribution in [0.3, 0.4) is 0 Å². The first-order valence-electron chi connectivity index (χ1n) is 10.8. The zero-order valence-corrected chi connectivity index (χ0v) is 19.3. The molecule has 0 saturated carbocycles. The minimum absolute atomic E-state index is 0.232. The van der Waals surface area contributed by atoms with Crippen LogP contribution in [0.25, 0.3) is 11.3 Å². The molecule has 8 heteroatoms. The van der Waals surface area contributed by atoms with Crippen LogP contribution in [-0.4, -0.2) is 42.1 Å². The van der Waals surface area contributed by atoms with Gasteiger partial charge in [-0.3, -0.25) is 9.59 Å². The van der Waals surface area contributed by atoms with E-state index in [1.165, 1.54) is 10.7 Å². The van der Waals surface area contributed by atoms with Crippen LogP contribution in [0.4, 0.5) is 0 Å². The van der Waals surface area contributed by atoms with Gasteiger partial charge in [0, 0.05) is 18.2 Å². The van der Waals surface area contributed by atoms with E-state index in [1.807, 2.05) is 50.2 Å². The predicted molar refractivity (Wildman–Crippen MR) is 126 cm³/mol. The highest BCUT2D eigenvalue weighted by atomic mass is 16.5. The van der Waals surface area contributed by atoms with Crippen molar-refractivity contribution in [2.24, 2.45) is 0 Å². The summed E-state index contributed by atoms with van der Waals surface area (Å²) in [6.45, 7) is 6.59. The second-order valence-corrected chi connectivity index (χ2v) is 7.44. The fraction of sp³-hybridized carbons (Fsp3) is 0.320. The summed E-state index contributed by atoms with van der Waals surface area (Å²) in [6, 6.07) is 16.2. The third kappa shape index (κ3) is 6.35. The van der Waals surface area contributed by atoms with Crippen LogP contribution < -0.4 is 25.1 Å². The van der Waals surface area contributed by atoms with E-state index < -0.39 is 6.10 Å². The van der Waals surface area contributed by atoms with Crippen LogP contribution in [-0.2, 0) is 11.3 Å². The molecular formula is C25H29N3O5. The van der Waals surface area contributed by atoms with E-state index in [4.69, 9.17) is 14.2 Å². The molecule has 1 amide bonds. The molecule has 0 saturated heterocycles. The number of rotatable bonds is 10. The van der Waals surface area contributed by atoms with E-state index in [9.17, 15) is 9.59 Å². The van der Waals surface area contributed by atoms with Crippen molar-refractivity contribution in [1.29, 1.82) is 0 Å². The molecule has 0 aliphatic heterocycles. The van der Waals surface area contributed by atoms with Gasteiger partial charge in [-0.2, -0.15) is 5.10 Å². The lowest BCUT2D eigenvalue weighted by Gasteiger charge is -2.17. The smallest absolute Gasteiger partial charge is 0.266 e. The first-order valence-corrected chi connectivity index (χ1v) is 10.8. The summed E-state index contributed by atoms with van der Waals surface area (Å²) in [5, 5.41) is 7.21. The molecule has 1 N–H and O–H groups in total. The average molecular weight is 452 g/mol. The molecular weight excluding hydrogens is 422 g/mol. The van der Waals surface area contributed by atoms with Crippen molar-refractivity contribution in [3.8, 4) is 28.5 Å². The summed E-state index contributed by atoms with van der Waals surface area (Å²) in [4.78, 5) is 24.7. The summed E-state index contributed by atoms with van der Waals surface area (Å²) >= 11 is 0. The SMILES string of the molecule is CCOc1ccc(-c2ccc(=O)n(CCNC(=O)C(C)Oc3ccc(C)cc3OC)n2)cc1. The highest BCUT2D eigenvalue weighted by Gasteiger charge is 2.16. The zero-order valence-electron chi connectivity index (χ0n) is 19.3. The summed E-state index contributed by atoms with van der Waals surface area (Å²) in [5.74, 6) is 1.54. The molecule has 1 aromatic heterocycles. The second kappa shape index (κ2) is 11.2. The quantitative estimate of drug-likeness (QED) is 0.509. The van der Waals surface area contributed by atoms with E-state index in [0.717, 1.165) is 16.9 Å². The van der Waals surface area contributed by atoms with Gasteiger partial charge in [0.1, 0.15) is 5.75 Å². The fourth-order valence-electron chi connectivity index (χ4n) is 3.20. The van der Waals surface area contributed by atoms with Crippen molar-refractivity contribution in [3.05, 3.63) is 70.5 Å². The van der Waals surface area contributed by atoms with Crippen molar-refractivity contribution in [1.82, 2.24) is 15.1 Å². The van der Waals surface area contributed by atoms with Gasteiger partial charge >= 0.3 is 0 Å². The lowest BCUT2D eigenvalue weighted by atomic mass is 10.1. The molecule has 174 valence electrons. The highest BCUT2D eigenvalue weighted by molar-refractivity contribution is 5.80. The Balaban J connectivity index is 1.59. The monoisotopic (exact) mass is 451 g/mol. The van der Waals surface area contributed by atoms with Crippen LogP contribution in [0.5, 0.6) is 17.2 Å². The number of nitrogens with zero attached hydrogens (tertiary/aromatic N) is 2. The maximum atomic E-state index is 12.5. The summed E-state index contributed by atoms with van der Waals surface area (Å²) in [6.07, 6.45) is -0.735. The Morgan fingerprint density at radius 1 is 1.09 bits per heavy atom. The molecule has 2 aromatic carbocycles. The molecule has 0 fully saturated rings. The van der Waals surface area contributed by atoms with Gasteiger partial charge < -0.3 is 19.5 Å². The molecule has 3 rings (SSSR count). The summed E-state index contributed by atoms with van der Waals surface area (Å²) < 4.78 is 17.9. The number of hydrogen-bond donors (Lipinski definition) is 1. The van der Waals surface area contributed by atoms with E-state index >= 15 is 0 Å². The Bertz CT molecular complexity index is 1140. The summed E-state index contributed by atoms with van der Waals surface area (Å²) in [5.41, 5.74) is 2.31. The van der Waals surface area contributed by atoms with Crippen LogP contribution in [0.2, 0.25) is 0 Å². The van der Waals surface area contributed by atoms with Crippen molar-refractivity contribution < 1.29 is 19.0 Å². The number of amides is 1. The van der Waals surface area contributed by atoms with Crippen molar-refractivity contribution in [2.45, 2.75) is 33.4 Å². The van der Waals surface area contributed by atoms with Crippen LogP contribution >= 0.6 is 0 Å². The van der Waals surface area contributed by atoms with Gasteiger partial charge in [0.2, 0.25) is 0 Å². The molecule has 1 atom stereocenters. The number of benzene rings is 2. The minimum Gasteiger partial charge on any atom is -0.494 e. The van der Waals surface area contributed by atoms with Crippen LogP contribution in [0.1, 0.15) is 19.4 Å². The standard InChI is InChI=1S/C25H29N3O5/c1-5-32-20-9-7-19(8-10-20)21-11-13-24(29)28(27-21)15-14-26-25(30)18(3)33-22-12-6-17(2)16-23(22)31-4/h6-13,16,18H,5,14-15H2,1-4H3,(H,26,30). The van der Waals surface area contributed by atoms with Gasteiger partial charge in [-0.05, 0) is 68.8 Å². The number of hydrogen-bond acceptors (Lipinski definition) is 6. The van der Waals surface area contributed by atoms with E-state index in [2.05, 4.69) is 10.4 Å². The van der Waals surface area contributed by atoms with Crippen LogP contribution in [0.15, 0.2) is 59.4 Å². The Labute approximate surface area is 193 Å². The van der Waals surface area contributed by atoms with Gasteiger partial charge in [0.15, 0.2) is 17.6 Å². The third-order valence-corrected chi connectivity index (χ3v) is 4.94. The number of carbonyl (C=O) groups is 1. The number of aryl methyl sites for hydroxylation is 1. The van der Waals surface area contributed by atoms with Gasteiger partial charge in [-0.1, -0.05) is 6.07 Å². The second-order valence-electron chi connectivity index (χ2n) is 7.44. The third-order valence-electron chi connectivity index (χ3n) is 4.94. The van der Waals surface area contributed by atoms with Crippen molar-refractivity contribution >= 4 is 5.91 Å². The molecule has 0 radical (unpaired) electrons. The lowest BCUT2D eigenvalue weighted by Crippen LogP contribution is -2.39. The zero-order chi connectivity index (χ0) is 23.8. The number of nitrogens with one attached hydrogen (secondary N) is 1. The molecule has 1 unspecified atom stereocenters. The van der Waals surface area contributed by atoms with Gasteiger partial charge in [-0.25, -0.2) is 4.68 Å². The molecule has 33 heavy (non-hydrogen) atoms. The Morgan fingerprint density at radius 3 is 2.55 bits per heavy atom. The molecule has 0 aliphatic rings. The molecule has 1 heterocycles. The fourth-order valence-corrected chi connectivity index (χ4v) is 3.20. The Morgan fingerprint density at radius 2 is 1.85 bits per heavy atom. The molecule has 8 nitrogen and oxygen atoms in total. The predicted octanol–water partition coefficient (Wildman–Crippen LogP) is 3.21. The van der Waals surface area contributed by atoms with Crippen molar-refractivity contribution in [2.75, 3.05) is 20.3 Å². The maximum absolute atomic E-state index is 12.5. The first-order chi connectivity index (χ1) is 15.9. The number of ether oxygens (including phenoxy) is 3. The molecule has 0 spiro atoms. The van der Waals surface area contributed by atoms with E-state index in [0.29, 0.717) is 23.8 Å². The molecule has 0 bridgehead atoms. The normalized spacial score (nSPS) is 11.5. The molecule has 3 aromatic rings.